The molecule has 1 aliphatic carbocycles. The van der Waals surface area contributed by atoms with E-state index in [1.807, 2.05) is 6.07 Å². The van der Waals surface area contributed by atoms with E-state index in [4.69, 9.17) is 0 Å². The molecule has 0 aromatic heterocycles. The Balaban J connectivity index is 1.25. The predicted molar refractivity (Wildman–Crippen MR) is 108 cm³/mol. The molecule has 4 amide bonds. The van der Waals surface area contributed by atoms with Gasteiger partial charge in [-0.05, 0) is 48.8 Å². The first kappa shape index (κ1) is 19.4. The smallest absolute Gasteiger partial charge is 0.262 e. The highest BCUT2D eigenvalue weighted by Crippen LogP contribution is 2.55. The van der Waals surface area contributed by atoms with Gasteiger partial charge in [-0.3, -0.25) is 29.4 Å². The van der Waals surface area contributed by atoms with E-state index in [0.717, 1.165) is 23.6 Å². The molecule has 0 spiro atoms. The molecule has 5 aliphatic rings. The molecule has 0 radical (unpaired) electrons. The third-order valence-corrected chi connectivity index (χ3v) is 7.31. The minimum absolute atomic E-state index is 0.119. The molecule has 3 saturated heterocycles. The van der Waals surface area contributed by atoms with Crippen LogP contribution in [-0.4, -0.2) is 53.2 Å². The van der Waals surface area contributed by atoms with E-state index in [1.165, 1.54) is 19.3 Å². The molecule has 6 rings (SSSR count). The molecule has 1 atom stereocenters. The summed E-state index contributed by atoms with van der Waals surface area (Å²) in [5.74, 6) is -1.90. The number of hydrogen-bond donors (Lipinski definition) is 3. The van der Waals surface area contributed by atoms with Crippen LogP contribution in [0.3, 0.4) is 0 Å². The maximum Gasteiger partial charge on any atom is 0.262 e. The number of amides is 4. The molecule has 158 valence electrons. The first-order valence-corrected chi connectivity index (χ1v) is 10.7. The van der Waals surface area contributed by atoms with Gasteiger partial charge in [0.25, 0.3) is 11.8 Å². The fraction of sp³-hybridized carbons (Fsp3) is 0.545. The normalized spacial score (nSPS) is 32.3. The number of benzene rings is 1. The largest absolute Gasteiger partial charge is 0.311 e. The number of fused-ring (bicyclic) bond motifs is 2. The Labute approximate surface area is 174 Å². The van der Waals surface area contributed by atoms with Crippen molar-refractivity contribution in [1.29, 1.82) is 0 Å². The number of piperidine rings is 1. The summed E-state index contributed by atoms with van der Waals surface area (Å²) in [7, 11) is 0. The Hall–Kier alpha value is -2.58. The number of nitrogens with one attached hydrogen (secondary N) is 3. The summed E-state index contributed by atoms with van der Waals surface area (Å²) >= 11 is 0. The second-order valence-electron chi connectivity index (χ2n) is 9.27. The van der Waals surface area contributed by atoms with Gasteiger partial charge >= 0.3 is 0 Å². The Morgan fingerprint density at radius 1 is 1.13 bits per heavy atom. The van der Waals surface area contributed by atoms with E-state index >= 15 is 0 Å². The summed E-state index contributed by atoms with van der Waals surface area (Å²) in [6.45, 7) is 4.83. The topological polar surface area (TPSA) is 108 Å². The van der Waals surface area contributed by atoms with Crippen LogP contribution in [0.25, 0.3) is 0 Å². The van der Waals surface area contributed by atoms with E-state index in [9.17, 15) is 19.2 Å². The number of imide groups is 2. The van der Waals surface area contributed by atoms with Crippen molar-refractivity contribution in [3.8, 4) is 0 Å². The fourth-order valence-corrected chi connectivity index (χ4v) is 5.65. The van der Waals surface area contributed by atoms with E-state index < -0.39 is 23.8 Å². The maximum absolute atomic E-state index is 12.9. The molecular weight excluding hydrogens is 384 g/mol. The molecule has 4 aliphatic heterocycles. The molecule has 8 nitrogen and oxygen atoms in total. The van der Waals surface area contributed by atoms with Gasteiger partial charge < -0.3 is 10.6 Å². The molecule has 1 unspecified atom stereocenters. The van der Waals surface area contributed by atoms with Crippen molar-refractivity contribution in [1.82, 2.24) is 20.9 Å². The van der Waals surface area contributed by atoms with E-state index in [-0.39, 0.29) is 24.3 Å². The molecular formula is C22H26N4O4. The van der Waals surface area contributed by atoms with Crippen molar-refractivity contribution in [3.05, 3.63) is 34.9 Å². The maximum atomic E-state index is 12.9. The van der Waals surface area contributed by atoms with Crippen LogP contribution in [0.2, 0.25) is 0 Å². The lowest BCUT2D eigenvalue weighted by Crippen LogP contribution is -2.54. The van der Waals surface area contributed by atoms with Gasteiger partial charge in [-0.2, -0.15) is 0 Å². The van der Waals surface area contributed by atoms with Gasteiger partial charge in [0.15, 0.2) is 0 Å². The second-order valence-corrected chi connectivity index (χ2v) is 9.27. The second kappa shape index (κ2) is 6.72. The zero-order chi connectivity index (χ0) is 21.1. The lowest BCUT2D eigenvalue weighted by atomic mass is 9.61. The summed E-state index contributed by atoms with van der Waals surface area (Å²) in [6.07, 6.45) is 3.92. The quantitative estimate of drug-likeness (QED) is 0.596. The molecule has 1 aromatic rings. The van der Waals surface area contributed by atoms with Crippen LogP contribution < -0.4 is 16.0 Å². The molecule has 4 fully saturated rings. The van der Waals surface area contributed by atoms with Crippen molar-refractivity contribution in [2.75, 3.05) is 13.1 Å². The van der Waals surface area contributed by atoms with Gasteiger partial charge in [-0.1, -0.05) is 13.0 Å². The zero-order valence-electron chi connectivity index (χ0n) is 17.0. The van der Waals surface area contributed by atoms with Gasteiger partial charge in [0.1, 0.15) is 6.04 Å². The summed E-state index contributed by atoms with van der Waals surface area (Å²) in [6, 6.07) is 4.32. The predicted octanol–water partition coefficient (Wildman–Crippen LogP) is 0.710. The van der Waals surface area contributed by atoms with Crippen LogP contribution in [0.15, 0.2) is 18.2 Å². The molecule has 30 heavy (non-hydrogen) atoms. The zero-order valence-corrected chi connectivity index (χ0v) is 17.0. The SMILES string of the molecule is CCC12CNC(CNCc3ccc4c(c3)C(=O)N(C3CCC(=O)NC3=O)C4=O)(C1)C2. The van der Waals surface area contributed by atoms with Crippen LogP contribution in [0, 0.1) is 5.41 Å². The minimum Gasteiger partial charge on any atom is -0.311 e. The average molecular weight is 410 g/mol. The molecule has 1 saturated carbocycles. The van der Waals surface area contributed by atoms with Gasteiger partial charge in [0.2, 0.25) is 11.8 Å². The Morgan fingerprint density at radius 3 is 2.60 bits per heavy atom. The average Bonchev–Trinajstić information content (AvgIpc) is 3.32. The first-order chi connectivity index (χ1) is 14.4. The highest BCUT2D eigenvalue weighted by molar-refractivity contribution is 6.23. The molecule has 2 bridgehead atoms. The summed E-state index contributed by atoms with van der Waals surface area (Å²) in [4.78, 5) is 50.2. The third-order valence-electron chi connectivity index (χ3n) is 7.31. The van der Waals surface area contributed by atoms with E-state index in [1.54, 1.807) is 12.1 Å². The number of hydrogen-bond acceptors (Lipinski definition) is 6. The van der Waals surface area contributed by atoms with Crippen LogP contribution >= 0.6 is 0 Å². The van der Waals surface area contributed by atoms with E-state index in [0.29, 0.717) is 23.1 Å². The van der Waals surface area contributed by atoms with Crippen molar-refractivity contribution in [3.63, 3.8) is 0 Å². The number of carbonyl (C=O) groups excluding carboxylic acids is 4. The first-order valence-electron chi connectivity index (χ1n) is 10.7. The van der Waals surface area contributed by atoms with E-state index in [2.05, 4.69) is 22.9 Å². The Kier molecular flexibility index (Phi) is 4.34. The molecule has 4 heterocycles. The van der Waals surface area contributed by atoms with Gasteiger partial charge in [-0.15, -0.1) is 0 Å². The summed E-state index contributed by atoms with van der Waals surface area (Å²) < 4.78 is 0. The number of nitrogens with zero attached hydrogens (tertiary/aromatic N) is 1. The van der Waals surface area contributed by atoms with Crippen LogP contribution in [0.4, 0.5) is 0 Å². The van der Waals surface area contributed by atoms with Crippen LogP contribution in [0.5, 0.6) is 0 Å². The van der Waals surface area contributed by atoms with Gasteiger partial charge in [0.05, 0.1) is 11.1 Å². The van der Waals surface area contributed by atoms with Crippen molar-refractivity contribution >= 4 is 23.6 Å². The lowest BCUT2D eigenvalue weighted by Gasteiger charge is -2.46. The van der Waals surface area contributed by atoms with Crippen molar-refractivity contribution in [2.45, 2.75) is 57.2 Å². The number of rotatable bonds is 6. The standard InChI is InChI=1S/C22H26N4O4/c1-2-21-9-22(10-21,24-11-21)12-23-8-13-3-4-14-15(7-13)20(30)26(19(14)29)16-5-6-17(27)25-18(16)28/h3-4,7,16,23-24H,2,5-6,8-12H2,1H3,(H,25,27,28). The highest BCUT2D eigenvalue weighted by Gasteiger charge is 2.58. The fourth-order valence-electron chi connectivity index (χ4n) is 5.65. The molecule has 3 N–H and O–H groups in total. The highest BCUT2D eigenvalue weighted by atomic mass is 16.2. The monoisotopic (exact) mass is 410 g/mol. The third kappa shape index (κ3) is 2.89. The molecule has 1 aromatic carbocycles. The number of carbonyl (C=O) groups is 4. The summed E-state index contributed by atoms with van der Waals surface area (Å²) in [5, 5.41) is 9.37. The van der Waals surface area contributed by atoms with Crippen molar-refractivity contribution < 1.29 is 19.2 Å². The van der Waals surface area contributed by atoms with Crippen molar-refractivity contribution in [2.24, 2.45) is 5.41 Å². The lowest BCUT2D eigenvalue weighted by molar-refractivity contribution is -0.136. The van der Waals surface area contributed by atoms with Crippen LogP contribution in [-0.2, 0) is 16.1 Å². The van der Waals surface area contributed by atoms with Gasteiger partial charge in [-0.25, -0.2) is 0 Å². The molecule has 8 heteroatoms. The minimum atomic E-state index is -0.929. The summed E-state index contributed by atoms with van der Waals surface area (Å²) in [5.41, 5.74) is 2.25. The Morgan fingerprint density at radius 2 is 1.90 bits per heavy atom. The van der Waals surface area contributed by atoms with Crippen LogP contribution in [0.1, 0.15) is 65.3 Å². The van der Waals surface area contributed by atoms with Gasteiger partial charge in [0, 0.05) is 31.6 Å². The Bertz CT molecular complexity index is 966.